The number of rotatable bonds is 5. The van der Waals surface area contributed by atoms with Crippen LogP contribution in [0.5, 0.6) is 0 Å². The molecule has 1 aromatic rings. The van der Waals surface area contributed by atoms with Crippen LogP contribution in [0.25, 0.3) is 0 Å². The lowest BCUT2D eigenvalue weighted by Crippen LogP contribution is -2.61. The summed E-state index contributed by atoms with van der Waals surface area (Å²) in [7, 11) is -3.28. The lowest BCUT2D eigenvalue weighted by atomic mass is 9.74. The molecular formula is C20H31BN2O4S. The normalized spacial score (nSPS) is 36.8. The van der Waals surface area contributed by atoms with Crippen molar-refractivity contribution < 1.29 is 17.7 Å². The molecule has 154 valence electrons. The second kappa shape index (κ2) is 7.40. The maximum Gasteiger partial charge on any atom is 0.494 e. The SMILES string of the molecule is CC1(C)OB(c2ccccc2)OC1(C)CNC1CCC1C1CS(=O)(=O)CCN1. The third-order valence-corrected chi connectivity index (χ3v) is 8.61. The van der Waals surface area contributed by atoms with Crippen LogP contribution in [-0.2, 0) is 19.1 Å². The van der Waals surface area contributed by atoms with E-state index < -0.39 is 21.0 Å². The van der Waals surface area contributed by atoms with Crippen LogP contribution in [-0.4, -0.2) is 63.4 Å². The van der Waals surface area contributed by atoms with Crippen molar-refractivity contribution in [2.45, 2.75) is 56.9 Å². The summed E-state index contributed by atoms with van der Waals surface area (Å²) in [5.41, 5.74) is 0.115. The van der Waals surface area contributed by atoms with Gasteiger partial charge in [0.05, 0.1) is 22.7 Å². The van der Waals surface area contributed by atoms with Crippen molar-refractivity contribution in [3.05, 3.63) is 30.3 Å². The molecule has 0 spiro atoms. The van der Waals surface area contributed by atoms with Crippen molar-refractivity contribution in [3.8, 4) is 0 Å². The predicted octanol–water partition coefficient (Wildman–Crippen LogP) is 0.721. The fraction of sp³-hybridized carbons (Fsp3) is 0.700. The summed E-state index contributed by atoms with van der Waals surface area (Å²) >= 11 is 0. The molecule has 2 heterocycles. The zero-order chi connectivity index (χ0) is 20.0. The minimum Gasteiger partial charge on any atom is -0.399 e. The van der Waals surface area contributed by atoms with Crippen LogP contribution >= 0.6 is 0 Å². The average Bonchev–Trinajstić information content (AvgIpc) is 2.84. The Balaban J connectivity index is 1.38. The maximum atomic E-state index is 12.0. The molecule has 3 fully saturated rings. The Morgan fingerprint density at radius 3 is 2.57 bits per heavy atom. The second-order valence-corrected chi connectivity index (χ2v) is 11.4. The highest BCUT2D eigenvalue weighted by Gasteiger charge is 2.55. The van der Waals surface area contributed by atoms with E-state index in [9.17, 15) is 8.42 Å². The van der Waals surface area contributed by atoms with E-state index in [2.05, 4.69) is 31.4 Å². The number of sulfone groups is 1. The van der Waals surface area contributed by atoms with E-state index in [4.69, 9.17) is 9.31 Å². The number of nitrogens with one attached hydrogen (secondary N) is 2. The van der Waals surface area contributed by atoms with Gasteiger partial charge >= 0.3 is 7.12 Å². The van der Waals surface area contributed by atoms with Crippen molar-refractivity contribution in [2.24, 2.45) is 5.92 Å². The molecule has 4 atom stereocenters. The van der Waals surface area contributed by atoms with Crippen LogP contribution in [0.3, 0.4) is 0 Å². The van der Waals surface area contributed by atoms with Gasteiger partial charge in [0, 0.05) is 25.2 Å². The fourth-order valence-electron chi connectivity index (χ4n) is 4.47. The minimum absolute atomic E-state index is 0.0589. The summed E-state index contributed by atoms with van der Waals surface area (Å²) in [5, 5.41) is 7.08. The Morgan fingerprint density at radius 1 is 1.18 bits per heavy atom. The predicted molar refractivity (Wildman–Crippen MR) is 111 cm³/mol. The van der Waals surface area contributed by atoms with Gasteiger partial charge in [-0.1, -0.05) is 30.3 Å². The lowest BCUT2D eigenvalue weighted by Gasteiger charge is -2.46. The van der Waals surface area contributed by atoms with Gasteiger partial charge < -0.3 is 19.9 Å². The molecule has 8 heteroatoms. The van der Waals surface area contributed by atoms with Gasteiger partial charge in [-0.05, 0) is 45.0 Å². The summed E-state index contributed by atoms with van der Waals surface area (Å²) in [6.07, 6.45) is 2.14. The number of hydrogen-bond donors (Lipinski definition) is 2. The monoisotopic (exact) mass is 406 g/mol. The lowest BCUT2D eigenvalue weighted by molar-refractivity contribution is -0.0152. The molecular weight excluding hydrogens is 375 g/mol. The maximum absolute atomic E-state index is 12.0. The molecule has 1 aromatic carbocycles. The molecule has 4 unspecified atom stereocenters. The first-order valence-corrected chi connectivity index (χ1v) is 12.1. The van der Waals surface area contributed by atoms with Crippen molar-refractivity contribution in [3.63, 3.8) is 0 Å². The molecule has 0 radical (unpaired) electrons. The van der Waals surface area contributed by atoms with Gasteiger partial charge in [0.2, 0.25) is 0 Å². The number of benzene rings is 1. The third kappa shape index (κ3) is 3.90. The molecule has 1 saturated carbocycles. The van der Waals surface area contributed by atoms with E-state index in [0.717, 1.165) is 18.3 Å². The van der Waals surface area contributed by atoms with Crippen LogP contribution in [0.2, 0.25) is 0 Å². The molecule has 0 bridgehead atoms. The second-order valence-electron chi connectivity index (χ2n) is 9.12. The standard InChI is InChI=1S/C20H31BN2O4S/c1-19(2)20(3,27-21(26-19)15-7-5-4-6-8-15)14-23-17-10-9-16(17)18-13-28(24,25)12-11-22-18/h4-8,16-18,22-23H,9-14H2,1-3H3. The summed E-state index contributed by atoms with van der Waals surface area (Å²) in [4.78, 5) is 0. The van der Waals surface area contributed by atoms with E-state index in [1.165, 1.54) is 0 Å². The van der Waals surface area contributed by atoms with E-state index in [0.29, 0.717) is 25.0 Å². The Bertz CT molecular complexity index is 804. The molecule has 28 heavy (non-hydrogen) atoms. The highest BCUT2D eigenvalue weighted by molar-refractivity contribution is 7.91. The topological polar surface area (TPSA) is 76.7 Å². The van der Waals surface area contributed by atoms with Crippen LogP contribution < -0.4 is 16.1 Å². The van der Waals surface area contributed by atoms with Gasteiger partial charge in [-0.2, -0.15) is 0 Å². The summed E-state index contributed by atoms with van der Waals surface area (Å²) in [5.74, 6) is 0.870. The van der Waals surface area contributed by atoms with E-state index in [1.807, 2.05) is 30.3 Å². The van der Waals surface area contributed by atoms with E-state index in [1.54, 1.807) is 0 Å². The van der Waals surface area contributed by atoms with Gasteiger partial charge in [0.1, 0.15) is 0 Å². The highest BCUT2D eigenvalue weighted by Crippen LogP contribution is 2.38. The van der Waals surface area contributed by atoms with Gasteiger partial charge in [0.25, 0.3) is 0 Å². The van der Waals surface area contributed by atoms with Crippen LogP contribution in [0.15, 0.2) is 30.3 Å². The van der Waals surface area contributed by atoms with Gasteiger partial charge in [-0.25, -0.2) is 8.42 Å². The number of hydrogen-bond acceptors (Lipinski definition) is 6. The van der Waals surface area contributed by atoms with E-state index in [-0.39, 0.29) is 24.7 Å². The minimum atomic E-state index is -2.91. The molecule has 2 N–H and O–H groups in total. The van der Waals surface area contributed by atoms with Crippen molar-refractivity contribution in [1.82, 2.24) is 10.6 Å². The van der Waals surface area contributed by atoms with Crippen LogP contribution in [0.4, 0.5) is 0 Å². The zero-order valence-electron chi connectivity index (χ0n) is 17.0. The van der Waals surface area contributed by atoms with Crippen molar-refractivity contribution in [2.75, 3.05) is 24.6 Å². The molecule has 2 saturated heterocycles. The van der Waals surface area contributed by atoms with Crippen LogP contribution in [0.1, 0.15) is 33.6 Å². The quantitative estimate of drug-likeness (QED) is 0.702. The van der Waals surface area contributed by atoms with Crippen molar-refractivity contribution >= 4 is 22.4 Å². The van der Waals surface area contributed by atoms with Crippen LogP contribution in [0, 0.1) is 5.92 Å². The molecule has 2 aliphatic heterocycles. The van der Waals surface area contributed by atoms with Gasteiger partial charge in [0.15, 0.2) is 9.84 Å². The molecule has 0 amide bonds. The third-order valence-electron chi connectivity index (χ3n) is 6.91. The Labute approximate surface area is 168 Å². The van der Waals surface area contributed by atoms with Crippen molar-refractivity contribution in [1.29, 1.82) is 0 Å². The zero-order valence-corrected chi connectivity index (χ0v) is 17.8. The Hall–Kier alpha value is -0.925. The Morgan fingerprint density at radius 2 is 1.93 bits per heavy atom. The first-order valence-electron chi connectivity index (χ1n) is 10.3. The van der Waals surface area contributed by atoms with E-state index >= 15 is 0 Å². The highest BCUT2D eigenvalue weighted by atomic mass is 32.2. The molecule has 6 nitrogen and oxygen atoms in total. The largest absolute Gasteiger partial charge is 0.494 e. The summed E-state index contributed by atoms with van der Waals surface area (Å²) < 4.78 is 36.6. The van der Waals surface area contributed by atoms with Gasteiger partial charge in [-0.3, -0.25) is 0 Å². The fourth-order valence-corrected chi connectivity index (χ4v) is 5.98. The first-order chi connectivity index (χ1) is 13.2. The summed E-state index contributed by atoms with van der Waals surface area (Å²) in [6.45, 7) is 7.48. The average molecular weight is 406 g/mol. The molecule has 1 aliphatic carbocycles. The first kappa shape index (κ1) is 20.4. The summed E-state index contributed by atoms with van der Waals surface area (Å²) in [6, 6.07) is 10.4. The molecule has 4 rings (SSSR count). The molecule has 3 aliphatic rings. The molecule has 0 aromatic heterocycles. The smallest absolute Gasteiger partial charge is 0.399 e. The Kier molecular flexibility index (Phi) is 5.38. The van der Waals surface area contributed by atoms with Gasteiger partial charge in [-0.15, -0.1) is 0 Å².